The molecule has 0 aliphatic heterocycles. The van der Waals surface area contributed by atoms with Crippen LogP contribution in [0, 0.1) is 6.92 Å². The zero-order valence-electron chi connectivity index (χ0n) is 10.7. The van der Waals surface area contributed by atoms with Gasteiger partial charge in [-0.2, -0.15) is 8.42 Å². The third kappa shape index (κ3) is 3.92. The highest BCUT2D eigenvalue weighted by molar-refractivity contribution is 8.00. The van der Waals surface area contributed by atoms with Crippen LogP contribution in [0.2, 0.25) is 0 Å². The zero-order chi connectivity index (χ0) is 13.1. The Bertz CT molecular complexity index is 504. The highest BCUT2D eigenvalue weighted by atomic mass is 32.3. The summed E-state index contributed by atoms with van der Waals surface area (Å²) in [5.74, 6) is 0. The molecule has 0 amide bonds. The summed E-state index contributed by atoms with van der Waals surface area (Å²) >= 11 is 0. The smallest absolute Gasteiger partial charge is 0.199 e. The Morgan fingerprint density at radius 3 is 2.29 bits per heavy atom. The van der Waals surface area contributed by atoms with E-state index in [1.54, 1.807) is 24.3 Å². The summed E-state index contributed by atoms with van der Waals surface area (Å²) in [6.45, 7) is 6.00. The summed E-state index contributed by atoms with van der Waals surface area (Å²) < 4.78 is 28.0. The van der Waals surface area contributed by atoms with E-state index in [9.17, 15) is 8.42 Å². The fraction of sp³-hybridized carbons (Fsp3) is 0.500. The molecule has 0 aliphatic rings. The lowest BCUT2D eigenvalue weighted by Crippen LogP contribution is -2.09. The van der Waals surface area contributed by atoms with Crippen molar-refractivity contribution in [3.63, 3.8) is 0 Å². The monoisotopic (exact) mass is 273 g/mol. The van der Waals surface area contributed by atoms with Gasteiger partial charge in [-0.05, 0) is 31.7 Å². The van der Waals surface area contributed by atoms with E-state index in [-0.39, 0.29) is 4.90 Å². The number of sulfonamides is 1. The predicted molar refractivity (Wildman–Crippen MR) is 73.8 cm³/mol. The van der Waals surface area contributed by atoms with E-state index in [0.717, 1.165) is 12.0 Å². The van der Waals surface area contributed by atoms with Gasteiger partial charge in [-0.15, -0.1) is 3.77 Å². The first-order valence-corrected chi connectivity index (χ1v) is 8.65. The van der Waals surface area contributed by atoms with E-state index in [1.807, 2.05) is 27.0 Å². The fourth-order valence-corrected chi connectivity index (χ4v) is 4.36. The average molecular weight is 273 g/mol. The molecule has 17 heavy (non-hydrogen) atoms. The Morgan fingerprint density at radius 1 is 1.29 bits per heavy atom. The van der Waals surface area contributed by atoms with Crippen molar-refractivity contribution in [1.82, 2.24) is 0 Å². The molecule has 1 aromatic carbocycles. The third-order valence-corrected chi connectivity index (χ3v) is 6.78. The molecule has 0 aliphatic carbocycles. The van der Waals surface area contributed by atoms with Crippen LogP contribution < -0.4 is 0 Å². The van der Waals surface area contributed by atoms with E-state index >= 15 is 0 Å². The van der Waals surface area contributed by atoms with Crippen LogP contribution >= 0.6 is 0 Å². The second-order valence-electron chi connectivity index (χ2n) is 4.11. The minimum absolute atomic E-state index is 0.283. The molecule has 0 aromatic heterocycles. The number of benzene rings is 1. The molecule has 0 unspecified atom stereocenters. The van der Waals surface area contributed by atoms with E-state index in [4.69, 9.17) is 0 Å². The molecule has 0 fully saturated rings. The molecule has 0 N–H and O–H groups in total. The highest BCUT2D eigenvalue weighted by Gasteiger charge is 2.14. The van der Waals surface area contributed by atoms with E-state index in [2.05, 4.69) is 3.77 Å². The van der Waals surface area contributed by atoms with Gasteiger partial charge in [0.15, 0.2) is 0 Å². The minimum atomic E-state index is -3.49. The molecular formula is C12H19NO2S2. The van der Waals surface area contributed by atoms with Crippen molar-refractivity contribution >= 4 is 20.7 Å². The first kappa shape index (κ1) is 14.4. The van der Waals surface area contributed by atoms with Gasteiger partial charge in [0.25, 0.3) is 10.0 Å². The first-order chi connectivity index (χ1) is 7.86. The van der Waals surface area contributed by atoms with Crippen molar-refractivity contribution < 1.29 is 8.42 Å². The molecule has 0 spiro atoms. The van der Waals surface area contributed by atoms with Crippen molar-refractivity contribution in [2.45, 2.75) is 37.3 Å². The van der Waals surface area contributed by atoms with Crippen LogP contribution in [0.4, 0.5) is 0 Å². The molecule has 0 saturated heterocycles. The highest BCUT2D eigenvalue weighted by Crippen LogP contribution is 2.15. The summed E-state index contributed by atoms with van der Waals surface area (Å²) in [7, 11) is -3.95. The van der Waals surface area contributed by atoms with Crippen molar-refractivity contribution in [3.05, 3.63) is 29.8 Å². The quantitative estimate of drug-likeness (QED) is 0.846. The molecule has 0 radical (unpaired) electrons. The summed E-state index contributed by atoms with van der Waals surface area (Å²) in [5, 5.41) is 0.301. The van der Waals surface area contributed by atoms with Gasteiger partial charge in [-0.25, -0.2) is 0 Å². The summed E-state index contributed by atoms with van der Waals surface area (Å²) in [6, 6.07) is 6.81. The second kappa shape index (κ2) is 5.78. The van der Waals surface area contributed by atoms with Crippen molar-refractivity contribution in [2.75, 3.05) is 6.26 Å². The lowest BCUT2D eigenvalue weighted by molar-refractivity contribution is 0.598. The van der Waals surface area contributed by atoms with Gasteiger partial charge in [0.2, 0.25) is 0 Å². The van der Waals surface area contributed by atoms with Crippen LogP contribution in [0.1, 0.15) is 25.8 Å². The van der Waals surface area contributed by atoms with Gasteiger partial charge < -0.3 is 0 Å². The molecule has 5 heteroatoms. The van der Waals surface area contributed by atoms with E-state index in [1.165, 1.54) is 0 Å². The lowest BCUT2D eigenvalue weighted by Gasteiger charge is -2.09. The number of hydrogen-bond acceptors (Lipinski definition) is 2. The third-order valence-electron chi connectivity index (χ3n) is 2.69. The minimum Gasteiger partial charge on any atom is -0.199 e. The molecule has 0 bridgehead atoms. The van der Waals surface area contributed by atoms with Gasteiger partial charge >= 0.3 is 0 Å². The number of rotatable bonds is 4. The molecule has 2 atom stereocenters. The van der Waals surface area contributed by atoms with Crippen LogP contribution in [0.3, 0.4) is 0 Å². The largest absolute Gasteiger partial charge is 0.287 e. The van der Waals surface area contributed by atoms with Gasteiger partial charge in [0.05, 0.1) is 4.90 Å². The van der Waals surface area contributed by atoms with Crippen molar-refractivity contribution in [2.24, 2.45) is 3.77 Å². The molecule has 0 saturated carbocycles. The van der Waals surface area contributed by atoms with Crippen LogP contribution in [0.15, 0.2) is 32.9 Å². The van der Waals surface area contributed by atoms with Crippen LogP contribution in [-0.2, 0) is 20.7 Å². The van der Waals surface area contributed by atoms with Gasteiger partial charge in [-0.1, -0.05) is 42.2 Å². The molecular weight excluding hydrogens is 254 g/mol. The Morgan fingerprint density at radius 2 is 1.82 bits per heavy atom. The number of aryl methyl sites for hydroxylation is 1. The fourth-order valence-electron chi connectivity index (χ4n) is 1.22. The summed E-state index contributed by atoms with van der Waals surface area (Å²) in [6.07, 6.45) is 2.81. The Balaban J connectivity index is 3.08. The summed E-state index contributed by atoms with van der Waals surface area (Å²) in [5.41, 5.74) is 1.04. The van der Waals surface area contributed by atoms with Gasteiger partial charge in [0, 0.05) is 5.25 Å². The second-order valence-corrected chi connectivity index (χ2v) is 7.98. The SMILES string of the molecule is CC[C@H](C)[S@](C)=NS(=O)(=O)c1ccc(C)cc1. The zero-order valence-corrected chi connectivity index (χ0v) is 12.3. The normalized spacial score (nSPS) is 15.8. The molecule has 1 rings (SSSR count). The molecule has 1 aromatic rings. The standard InChI is InChI=1S/C12H19NO2S2/c1-5-11(3)16(4)13-17(14,15)12-8-6-10(2)7-9-12/h6-9,11H,5H2,1-4H3/t11-,16-/m0/s1. The maximum atomic E-state index is 12.0. The summed E-state index contributed by atoms with van der Waals surface area (Å²) in [4.78, 5) is 0.283. The van der Waals surface area contributed by atoms with Gasteiger partial charge in [0.1, 0.15) is 0 Å². The molecule has 96 valence electrons. The lowest BCUT2D eigenvalue weighted by atomic mass is 10.2. The Kier molecular flexibility index (Phi) is 4.89. The van der Waals surface area contributed by atoms with Crippen LogP contribution in [0.5, 0.6) is 0 Å². The van der Waals surface area contributed by atoms with Gasteiger partial charge in [-0.3, -0.25) is 0 Å². The molecule has 3 nitrogen and oxygen atoms in total. The Labute approximate surface area is 106 Å². The molecule has 0 heterocycles. The average Bonchev–Trinajstić information content (AvgIpc) is 2.27. The first-order valence-electron chi connectivity index (χ1n) is 5.56. The van der Waals surface area contributed by atoms with Crippen molar-refractivity contribution in [1.29, 1.82) is 0 Å². The number of nitrogens with zero attached hydrogens (tertiary/aromatic N) is 1. The van der Waals surface area contributed by atoms with Crippen molar-refractivity contribution in [3.8, 4) is 0 Å². The van der Waals surface area contributed by atoms with Crippen LogP contribution in [0.25, 0.3) is 0 Å². The maximum absolute atomic E-state index is 12.0. The van der Waals surface area contributed by atoms with E-state index in [0.29, 0.717) is 5.25 Å². The topological polar surface area (TPSA) is 46.5 Å². The van der Waals surface area contributed by atoms with Crippen LogP contribution in [-0.4, -0.2) is 19.9 Å². The maximum Gasteiger partial charge on any atom is 0.287 e. The predicted octanol–water partition coefficient (Wildman–Crippen LogP) is 2.91. The Hall–Kier alpha value is -0.680. The number of hydrogen-bond donors (Lipinski definition) is 0. The van der Waals surface area contributed by atoms with E-state index < -0.39 is 20.7 Å².